The van der Waals surface area contributed by atoms with Gasteiger partial charge in [0.05, 0.1) is 19.4 Å². The third-order valence-corrected chi connectivity index (χ3v) is 5.31. The van der Waals surface area contributed by atoms with Gasteiger partial charge in [-0.1, -0.05) is 42.1 Å². The molecular formula is C20H17N3O4S. The van der Waals surface area contributed by atoms with Crippen molar-refractivity contribution in [2.75, 3.05) is 12.9 Å². The summed E-state index contributed by atoms with van der Waals surface area (Å²) in [5.41, 5.74) is 7.03. The molecule has 28 heavy (non-hydrogen) atoms. The summed E-state index contributed by atoms with van der Waals surface area (Å²) < 4.78 is 12.6. The van der Waals surface area contributed by atoms with E-state index in [2.05, 4.69) is 4.98 Å². The van der Waals surface area contributed by atoms with Crippen molar-refractivity contribution in [1.29, 1.82) is 0 Å². The molecule has 0 spiro atoms. The SMILES string of the molecule is COc1ccccc1Cn1c(SCC(N)=O)nc2c(oc3ccccc32)c1=O. The number of nitrogens with zero attached hydrogens (tertiary/aromatic N) is 2. The molecule has 0 aliphatic heterocycles. The maximum atomic E-state index is 13.2. The van der Waals surface area contributed by atoms with Crippen LogP contribution in [-0.4, -0.2) is 28.3 Å². The molecule has 0 radical (unpaired) electrons. The average molecular weight is 395 g/mol. The van der Waals surface area contributed by atoms with Crippen molar-refractivity contribution in [1.82, 2.24) is 9.55 Å². The van der Waals surface area contributed by atoms with Crippen LogP contribution in [0.15, 0.2) is 62.9 Å². The summed E-state index contributed by atoms with van der Waals surface area (Å²) in [7, 11) is 1.57. The van der Waals surface area contributed by atoms with E-state index in [0.717, 1.165) is 22.7 Å². The Bertz CT molecular complexity index is 1250. The molecule has 7 nitrogen and oxygen atoms in total. The van der Waals surface area contributed by atoms with Crippen LogP contribution in [0, 0.1) is 0 Å². The normalized spacial score (nSPS) is 11.2. The van der Waals surface area contributed by atoms with E-state index in [4.69, 9.17) is 14.9 Å². The van der Waals surface area contributed by atoms with Crippen molar-refractivity contribution < 1.29 is 13.9 Å². The van der Waals surface area contributed by atoms with Gasteiger partial charge in [-0.15, -0.1) is 0 Å². The van der Waals surface area contributed by atoms with E-state index in [0.29, 0.717) is 22.0 Å². The number of nitrogens with two attached hydrogens (primary N) is 1. The van der Waals surface area contributed by atoms with Crippen LogP contribution in [0.2, 0.25) is 0 Å². The zero-order chi connectivity index (χ0) is 19.7. The van der Waals surface area contributed by atoms with Crippen LogP contribution in [0.25, 0.3) is 22.1 Å². The number of ether oxygens (including phenoxy) is 1. The van der Waals surface area contributed by atoms with Crippen LogP contribution in [0.4, 0.5) is 0 Å². The Morgan fingerprint density at radius 3 is 2.75 bits per heavy atom. The molecule has 2 aromatic heterocycles. The van der Waals surface area contributed by atoms with Crippen molar-refractivity contribution in [2.24, 2.45) is 5.73 Å². The number of benzene rings is 2. The molecule has 4 aromatic rings. The monoisotopic (exact) mass is 395 g/mol. The Kier molecular flexibility index (Phi) is 4.79. The molecule has 0 unspecified atom stereocenters. The first-order valence-electron chi connectivity index (χ1n) is 8.53. The van der Waals surface area contributed by atoms with E-state index >= 15 is 0 Å². The van der Waals surface area contributed by atoms with E-state index in [9.17, 15) is 9.59 Å². The lowest BCUT2D eigenvalue weighted by Gasteiger charge is -2.13. The highest BCUT2D eigenvalue weighted by Gasteiger charge is 2.19. The van der Waals surface area contributed by atoms with Gasteiger partial charge in [-0.05, 0) is 18.2 Å². The molecule has 0 bridgehead atoms. The van der Waals surface area contributed by atoms with E-state index in [1.54, 1.807) is 13.2 Å². The van der Waals surface area contributed by atoms with Gasteiger partial charge in [0.1, 0.15) is 16.8 Å². The number of thioether (sulfide) groups is 1. The Labute approximate surface area is 164 Å². The van der Waals surface area contributed by atoms with E-state index in [1.165, 1.54) is 4.57 Å². The Balaban J connectivity index is 1.93. The fraction of sp³-hybridized carbons (Fsp3) is 0.150. The lowest BCUT2D eigenvalue weighted by Crippen LogP contribution is -2.24. The number of aromatic nitrogens is 2. The Morgan fingerprint density at radius 2 is 1.96 bits per heavy atom. The molecule has 1 amide bonds. The van der Waals surface area contributed by atoms with E-state index < -0.39 is 5.91 Å². The van der Waals surface area contributed by atoms with Gasteiger partial charge >= 0.3 is 0 Å². The van der Waals surface area contributed by atoms with Crippen LogP contribution >= 0.6 is 11.8 Å². The highest BCUT2D eigenvalue weighted by Crippen LogP contribution is 2.28. The molecule has 4 rings (SSSR count). The van der Waals surface area contributed by atoms with Gasteiger partial charge < -0.3 is 14.9 Å². The van der Waals surface area contributed by atoms with Crippen LogP contribution in [-0.2, 0) is 11.3 Å². The minimum atomic E-state index is -0.486. The number of carbonyl (C=O) groups excluding carboxylic acids is 1. The summed E-state index contributed by atoms with van der Waals surface area (Å²) in [6.07, 6.45) is 0. The highest BCUT2D eigenvalue weighted by molar-refractivity contribution is 7.99. The molecule has 0 fully saturated rings. The molecule has 142 valence electrons. The second-order valence-corrected chi connectivity index (χ2v) is 7.07. The van der Waals surface area contributed by atoms with Gasteiger partial charge in [0.25, 0.3) is 5.56 Å². The van der Waals surface area contributed by atoms with E-state index in [1.807, 2.05) is 42.5 Å². The van der Waals surface area contributed by atoms with Gasteiger partial charge in [-0.3, -0.25) is 14.2 Å². The summed E-state index contributed by atoms with van der Waals surface area (Å²) in [4.78, 5) is 29.2. The van der Waals surface area contributed by atoms with Crippen LogP contribution < -0.4 is 16.0 Å². The van der Waals surface area contributed by atoms with Gasteiger partial charge in [0.2, 0.25) is 11.5 Å². The second kappa shape index (κ2) is 7.40. The second-order valence-electron chi connectivity index (χ2n) is 6.13. The van der Waals surface area contributed by atoms with Crippen LogP contribution in [0.3, 0.4) is 0 Å². The molecule has 0 saturated heterocycles. The zero-order valence-electron chi connectivity index (χ0n) is 15.0. The van der Waals surface area contributed by atoms with Gasteiger partial charge in [0, 0.05) is 10.9 Å². The predicted octanol–water partition coefficient (Wildman–Crippen LogP) is 2.78. The number of amides is 1. The summed E-state index contributed by atoms with van der Waals surface area (Å²) in [5.74, 6) is 0.185. The molecule has 0 atom stereocenters. The number of hydrogen-bond acceptors (Lipinski definition) is 6. The zero-order valence-corrected chi connectivity index (χ0v) is 15.9. The lowest BCUT2D eigenvalue weighted by molar-refractivity contribution is -0.115. The first-order valence-corrected chi connectivity index (χ1v) is 9.52. The van der Waals surface area contributed by atoms with E-state index in [-0.39, 0.29) is 23.4 Å². The largest absolute Gasteiger partial charge is 0.496 e. The van der Waals surface area contributed by atoms with Crippen LogP contribution in [0.5, 0.6) is 5.75 Å². The van der Waals surface area contributed by atoms with Gasteiger partial charge in [-0.2, -0.15) is 0 Å². The summed E-state index contributed by atoms with van der Waals surface area (Å²) in [6, 6.07) is 14.7. The Hall–Kier alpha value is -3.26. The number of methoxy groups -OCH3 is 1. The topological polar surface area (TPSA) is 100 Å². The lowest BCUT2D eigenvalue weighted by atomic mass is 10.2. The molecule has 0 saturated carbocycles. The van der Waals surface area contributed by atoms with Crippen molar-refractivity contribution in [3.05, 3.63) is 64.4 Å². The molecule has 0 aliphatic rings. The van der Waals surface area contributed by atoms with Crippen molar-refractivity contribution in [3.8, 4) is 5.75 Å². The standard InChI is InChI=1S/C20H17N3O4S/c1-26-14-8-4-2-6-12(14)10-23-19(25)18-17(22-20(23)28-11-16(21)24)13-7-3-5-9-15(13)27-18/h2-9H,10-11H2,1H3,(H2,21,24). The summed E-state index contributed by atoms with van der Waals surface area (Å²) >= 11 is 1.12. The fourth-order valence-corrected chi connectivity index (χ4v) is 3.77. The minimum absolute atomic E-state index is 0.0135. The van der Waals surface area contributed by atoms with Crippen molar-refractivity contribution >= 4 is 39.7 Å². The van der Waals surface area contributed by atoms with Crippen molar-refractivity contribution in [2.45, 2.75) is 11.7 Å². The minimum Gasteiger partial charge on any atom is -0.496 e. The molecule has 0 aliphatic carbocycles. The van der Waals surface area contributed by atoms with Gasteiger partial charge in [-0.25, -0.2) is 4.98 Å². The fourth-order valence-electron chi connectivity index (χ4n) is 3.04. The van der Waals surface area contributed by atoms with Crippen LogP contribution in [0.1, 0.15) is 5.56 Å². The molecule has 2 N–H and O–H groups in total. The average Bonchev–Trinajstić information content (AvgIpc) is 3.08. The molecular weight excluding hydrogens is 378 g/mol. The number of carbonyl (C=O) groups is 1. The summed E-state index contributed by atoms with van der Waals surface area (Å²) in [6.45, 7) is 0.226. The number of fused-ring (bicyclic) bond motifs is 3. The van der Waals surface area contributed by atoms with Crippen molar-refractivity contribution in [3.63, 3.8) is 0 Å². The number of hydrogen-bond donors (Lipinski definition) is 1. The quantitative estimate of drug-likeness (QED) is 0.398. The third kappa shape index (κ3) is 3.22. The summed E-state index contributed by atoms with van der Waals surface area (Å²) in [5, 5.41) is 1.15. The molecule has 8 heteroatoms. The molecule has 2 heterocycles. The predicted molar refractivity (Wildman–Crippen MR) is 108 cm³/mol. The van der Waals surface area contributed by atoms with Gasteiger partial charge in [0.15, 0.2) is 5.16 Å². The first-order chi connectivity index (χ1) is 13.6. The Morgan fingerprint density at radius 1 is 1.21 bits per heavy atom. The maximum absolute atomic E-state index is 13.2. The number of rotatable bonds is 6. The smallest absolute Gasteiger partial charge is 0.298 e. The molecule has 2 aromatic carbocycles. The number of primary amides is 1. The maximum Gasteiger partial charge on any atom is 0.298 e. The number of furan rings is 1. The number of para-hydroxylation sites is 2. The first kappa shape index (κ1) is 18.1. The highest BCUT2D eigenvalue weighted by atomic mass is 32.2. The third-order valence-electron chi connectivity index (χ3n) is 4.31.